The Hall–Kier alpha value is -1.23. The molecule has 2 atom stereocenters. The summed E-state index contributed by atoms with van der Waals surface area (Å²) in [5.74, 6) is 1.18. The van der Waals surface area contributed by atoms with Gasteiger partial charge in [0.05, 0.1) is 0 Å². The second kappa shape index (κ2) is 5.20. The predicted octanol–water partition coefficient (Wildman–Crippen LogP) is 3.93. The number of fused-ring (bicyclic) bond motifs is 3. The van der Waals surface area contributed by atoms with E-state index in [4.69, 9.17) is 9.47 Å². The van der Waals surface area contributed by atoms with Crippen molar-refractivity contribution in [2.45, 2.75) is 44.8 Å². The zero-order valence-electron chi connectivity index (χ0n) is 12.6. The molecule has 0 N–H and O–H groups in total. The van der Waals surface area contributed by atoms with Crippen LogP contribution in [0.25, 0.3) is 0 Å². The molecular formula is C16H20BrNO3. The van der Waals surface area contributed by atoms with Crippen LogP contribution in [-0.4, -0.2) is 35.8 Å². The summed E-state index contributed by atoms with van der Waals surface area (Å²) in [6.07, 6.45) is 0.785. The van der Waals surface area contributed by atoms with E-state index < -0.39 is 5.60 Å². The van der Waals surface area contributed by atoms with E-state index in [1.165, 1.54) is 5.56 Å². The van der Waals surface area contributed by atoms with E-state index in [1.807, 2.05) is 32.9 Å². The molecule has 1 amide bonds. The molecule has 114 valence electrons. The normalized spacial score (nSPS) is 24.1. The number of ether oxygens (including phenoxy) is 2. The minimum atomic E-state index is -0.457. The zero-order valence-corrected chi connectivity index (χ0v) is 14.1. The summed E-state index contributed by atoms with van der Waals surface area (Å²) in [7, 11) is 0. The highest BCUT2D eigenvalue weighted by Gasteiger charge is 2.41. The number of likely N-dealkylation sites (tertiary alicyclic amines) is 1. The third-order valence-corrected chi connectivity index (χ3v) is 4.34. The average Bonchev–Trinajstić information content (AvgIpc) is 2.74. The van der Waals surface area contributed by atoms with Crippen molar-refractivity contribution in [1.82, 2.24) is 4.90 Å². The van der Waals surface area contributed by atoms with Gasteiger partial charge in [0.2, 0.25) is 0 Å². The molecule has 1 aromatic rings. The molecule has 0 aromatic heterocycles. The topological polar surface area (TPSA) is 38.8 Å². The first-order valence-corrected chi connectivity index (χ1v) is 8.07. The summed E-state index contributed by atoms with van der Waals surface area (Å²) in [5.41, 5.74) is 0.726. The van der Waals surface area contributed by atoms with Crippen LogP contribution in [0.15, 0.2) is 22.7 Å². The molecule has 1 fully saturated rings. The van der Waals surface area contributed by atoms with Gasteiger partial charge < -0.3 is 14.4 Å². The van der Waals surface area contributed by atoms with Gasteiger partial charge in [-0.25, -0.2) is 4.79 Å². The predicted molar refractivity (Wildman–Crippen MR) is 83.7 cm³/mol. The fraction of sp³-hybridized carbons (Fsp3) is 0.562. The van der Waals surface area contributed by atoms with E-state index in [-0.39, 0.29) is 18.1 Å². The fourth-order valence-electron chi connectivity index (χ4n) is 2.94. The van der Waals surface area contributed by atoms with Crippen LogP contribution in [0.3, 0.4) is 0 Å². The number of nitrogens with zero attached hydrogens (tertiary/aromatic N) is 1. The SMILES string of the molecule is CC(C)(C)OC(=O)N1CCC2Oc3ccc(Br)cc3C2C1. The maximum absolute atomic E-state index is 12.2. The highest BCUT2D eigenvalue weighted by atomic mass is 79.9. The molecule has 1 aromatic carbocycles. The molecule has 0 saturated carbocycles. The van der Waals surface area contributed by atoms with Gasteiger partial charge in [-0.3, -0.25) is 0 Å². The highest BCUT2D eigenvalue weighted by Crippen LogP contribution is 2.43. The van der Waals surface area contributed by atoms with Gasteiger partial charge in [0.25, 0.3) is 0 Å². The van der Waals surface area contributed by atoms with E-state index in [1.54, 1.807) is 4.90 Å². The first kappa shape index (κ1) is 14.7. The molecular weight excluding hydrogens is 334 g/mol. The smallest absolute Gasteiger partial charge is 0.410 e. The zero-order chi connectivity index (χ0) is 15.2. The van der Waals surface area contributed by atoms with Crippen molar-refractivity contribution in [3.63, 3.8) is 0 Å². The number of carbonyl (C=O) groups is 1. The maximum Gasteiger partial charge on any atom is 0.410 e. The third kappa shape index (κ3) is 3.03. The Balaban J connectivity index is 1.76. The van der Waals surface area contributed by atoms with Crippen molar-refractivity contribution in [2.24, 2.45) is 0 Å². The molecule has 0 bridgehead atoms. The van der Waals surface area contributed by atoms with E-state index in [9.17, 15) is 4.79 Å². The quantitative estimate of drug-likeness (QED) is 0.709. The van der Waals surface area contributed by atoms with Gasteiger partial charge in [-0.05, 0) is 39.0 Å². The van der Waals surface area contributed by atoms with Gasteiger partial charge in [0, 0.05) is 35.5 Å². The molecule has 2 aliphatic heterocycles. The number of piperidine rings is 1. The third-order valence-electron chi connectivity index (χ3n) is 3.85. The lowest BCUT2D eigenvalue weighted by molar-refractivity contribution is 0.0118. The average molecular weight is 354 g/mol. The Morgan fingerprint density at radius 1 is 1.43 bits per heavy atom. The number of carbonyl (C=O) groups excluding carboxylic acids is 1. The minimum Gasteiger partial charge on any atom is -0.489 e. The molecule has 5 heteroatoms. The van der Waals surface area contributed by atoms with E-state index in [2.05, 4.69) is 22.0 Å². The summed E-state index contributed by atoms with van der Waals surface area (Å²) in [6.45, 7) is 7.02. The number of benzene rings is 1. The van der Waals surface area contributed by atoms with Crippen LogP contribution in [0.4, 0.5) is 4.79 Å². The van der Waals surface area contributed by atoms with Crippen molar-refractivity contribution in [3.8, 4) is 5.75 Å². The first-order valence-electron chi connectivity index (χ1n) is 7.27. The van der Waals surface area contributed by atoms with Crippen molar-refractivity contribution in [1.29, 1.82) is 0 Å². The molecule has 2 unspecified atom stereocenters. The molecule has 0 spiro atoms. The van der Waals surface area contributed by atoms with Gasteiger partial charge in [-0.2, -0.15) is 0 Å². The largest absolute Gasteiger partial charge is 0.489 e. The summed E-state index contributed by atoms with van der Waals surface area (Å²) >= 11 is 3.50. The van der Waals surface area contributed by atoms with Crippen LogP contribution < -0.4 is 4.74 Å². The fourth-order valence-corrected chi connectivity index (χ4v) is 3.32. The van der Waals surface area contributed by atoms with Gasteiger partial charge >= 0.3 is 6.09 Å². The maximum atomic E-state index is 12.2. The number of hydrogen-bond acceptors (Lipinski definition) is 3. The monoisotopic (exact) mass is 353 g/mol. The summed E-state index contributed by atoms with van der Waals surface area (Å²) in [6, 6.07) is 6.08. The molecule has 4 nitrogen and oxygen atoms in total. The van der Waals surface area contributed by atoms with Gasteiger partial charge in [-0.1, -0.05) is 15.9 Å². The molecule has 2 aliphatic rings. The van der Waals surface area contributed by atoms with Crippen molar-refractivity contribution < 1.29 is 14.3 Å². The highest BCUT2D eigenvalue weighted by molar-refractivity contribution is 9.10. The Morgan fingerprint density at radius 3 is 2.90 bits per heavy atom. The molecule has 2 heterocycles. The Kier molecular flexibility index (Phi) is 3.64. The first-order chi connectivity index (χ1) is 9.83. The van der Waals surface area contributed by atoms with Crippen molar-refractivity contribution in [2.75, 3.05) is 13.1 Å². The second-order valence-corrected chi connectivity index (χ2v) is 7.58. The molecule has 0 aliphatic carbocycles. The number of hydrogen-bond donors (Lipinski definition) is 0. The van der Waals surface area contributed by atoms with Gasteiger partial charge in [-0.15, -0.1) is 0 Å². The minimum absolute atomic E-state index is 0.174. The molecule has 0 radical (unpaired) electrons. The van der Waals surface area contributed by atoms with Crippen LogP contribution in [0.5, 0.6) is 5.75 Å². The Bertz CT molecular complexity index is 567. The molecule has 21 heavy (non-hydrogen) atoms. The number of rotatable bonds is 0. The molecule has 1 saturated heterocycles. The van der Waals surface area contributed by atoms with Gasteiger partial charge in [0.15, 0.2) is 0 Å². The van der Waals surface area contributed by atoms with Crippen LogP contribution in [0.1, 0.15) is 38.7 Å². The van der Waals surface area contributed by atoms with Crippen molar-refractivity contribution in [3.05, 3.63) is 28.2 Å². The van der Waals surface area contributed by atoms with Gasteiger partial charge in [0.1, 0.15) is 17.5 Å². The number of amides is 1. The summed E-state index contributed by atoms with van der Waals surface area (Å²) in [4.78, 5) is 14.0. The molecule has 3 rings (SSSR count). The lowest BCUT2D eigenvalue weighted by atomic mass is 9.90. The standard InChI is InChI=1S/C16H20BrNO3/c1-16(2,3)21-15(19)18-7-6-14-12(9-18)11-8-10(17)4-5-13(11)20-14/h4-5,8,12,14H,6-7,9H2,1-3H3. The summed E-state index contributed by atoms with van der Waals surface area (Å²) in [5, 5.41) is 0. The van der Waals surface area contributed by atoms with E-state index >= 15 is 0 Å². The van der Waals surface area contributed by atoms with Crippen LogP contribution in [0.2, 0.25) is 0 Å². The Labute approximate surface area is 133 Å². The second-order valence-electron chi connectivity index (χ2n) is 6.66. The summed E-state index contributed by atoms with van der Waals surface area (Å²) < 4.78 is 12.5. The number of halogens is 1. The lowest BCUT2D eigenvalue weighted by Gasteiger charge is -2.35. The lowest BCUT2D eigenvalue weighted by Crippen LogP contribution is -2.46. The van der Waals surface area contributed by atoms with Crippen LogP contribution >= 0.6 is 15.9 Å². The van der Waals surface area contributed by atoms with E-state index in [0.29, 0.717) is 13.1 Å². The van der Waals surface area contributed by atoms with Crippen LogP contribution in [0, 0.1) is 0 Å². The van der Waals surface area contributed by atoms with E-state index in [0.717, 1.165) is 16.6 Å². The van der Waals surface area contributed by atoms with Crippen LogP contribution in [-0.2, 0) is 4.74 Å². The Morgan fingerprint density at radius 2 is 2.19 bits per heavy atom. The van der Waals surface area contributed by atoms with Crippen molar-refractivity contribution >= 4 is 22.0 Å².